The van der Waals surface area contributed by atoms with E-state index in [2.05, 4.69) is 0 Å². The van der Waals surface area contributed by atoms with E-state index in [1.54, 1.807) is 42.5 Å². The van der Waals surface area contributed by atoms with E-state index in [9.17, 15) is 5.48 Å². The van der Waals surface area contributed by atoms with E-state index in [4.69, 9.17) is 23.6 Å². The van der Waals surface area contributed by atoms with E-state index in [1.165, 1.54) is 30.3 Å². The Bertz CT molecular complexity index is 3440. The van der Waals surface area contributed by atoms with Crippen molar-refractivity contribution in [3.8, 4) is 55.8 Å². The van der Waals surface area contributed by atoms with Crippen LogP contribution in [0.5, 0.6) is 0 Å². The molecule has 9 aromatic rings. The van der Waals surface area contributed by atoms with Crippen LogP contribution < -0.4 is 0 Å². The fourth-order valence-electron chi connectivity index (χ4n) is 6.08. The summed E-state index contributed by atoms with van der Waals surface area (Å²) in [6.07, 6.45) is 0. The molecule has 47 heavy (non-hydrogen) atoms. The Morgan fingerprint density at radius 2 is 0.851 bits per heavy atom. The van der Waals surface area contributed by atoms with Crippen molar-refractivity contribution in [3.63, 3.8) is 0 Å². The minimum atomic E-state index is -0.635. The van der Waals surface area contributed by atoms with Gasteiger partial charge in [-0.25, -0.2) is 0 Å². The predicted octanol–water partition coefficient (Wildman–Crippen LogP) is 13.1. The largest absolute Gasteiger partial charge is 0.455 e. The highest BCUT2D eigenvalue weighted by atomic mass is 16.3. The van der Waals surface area contributed by atoms with Gasteiger partial charge in [-0.1, -0.05) is 163 Å². The van der Waals surface area contributed by atoms with Gasteiger partial charge in [-0.3, -0.25) is 0 Å². The number of benzene rings is 8. The molecule has 0 radical (unpaired) electrons. The fraction of sp³-hybridized carbons (Fsp3) is 0. The van der Waals surface area contributed by atoms with Crippen LogP contribution in [0.3, 0.4) is 0 Å². The first-order valence-corrected chi connectivity index (χ1v) is 14.6. The van der Waals surface area contributed by atoms with E-state index < -0.39 is 109 Å². The van der Waals surface area contributed by atoms with Crippen LogP contribution in [0.4, 0.5) is 0 Å². The Morgan fingerprint density at radius 3 is 1.47 bits per heavy atom. The molecule has 8 aromatic carbocycles. The molecule has 1 heteroatoms. The molecule has 0 bridgehead atoms. The lowest BCUT2D eigenvalue weighted by Gasteiger charge is -2.18. The van der Waals surface area contributed by atoms with Gasteiger partial charge < -0.3 is 4.42 Å². The SMILES string of the molecule is [2H]c1c([2H])c([2H])c(-c2cccc(-c3oc4cc(-c5c([2H])c([2H])c([2H])c([2H])c5[2H])ccc4c3-c3c4c([2H])c([2H])c([2H])c([2H])c4c(-c4ccccc4)c4c([2H])c([2H])c([2H])c([2H])c34)c2)c([2H])c1[2H]. The third kappa shape index (κ3) is 4.64. The normalized spacial score (nSPS) is 16.8. The van der Waals surface area contributed by atoms with Gasteiger partial charge in [0.25, 0.3) is 0 Å². The van der Waals surface area contributed by atoms with Crippen molar-refractivity contribution in [2.24, 2.45) is 0 Å². The summed E-state index contributed by atoms with van der Waals surface area (Å²) in [6, 6.07) is 9.08. The number of fused-ring (bicyclic) bond motifs is 3. The highest BCUT2D eigenvalue weighted by Crippen LogP contribution is 2.50. The Balaban J connectivity index is 1.52. The van der Waals surface area contributed by atoms with Crippen molar-refractivity contribution < 1.29 is 29.1 Å². The molecule has 1 nitrogen and oxygen atoms in total. The predicted molar refractivity (Wildman–Crippen MR) is 198 cm³/mol. The molecular weight excluding hydrogens is 569 g/mol. The standard InChI is InChI=1S/C46H30O/c1-4-15-31(16-5-1)34-21-14-22-36(29-34)46-45(41-28-27-35(30-42(41)47-46)32-17-6-2-7-18-32)44-39-25-12-10-23-37(39)43(33-19-8-3-9-20-33)38-24-11-13-26-40(38)44/h1-30H/i1D,2D,4D,5D,6D,7D,10D,11D,12D,13D,15D,16D,17D,18D,23D,24D,25D,26D. The molecule has 0 atom stereocenters. The number of hydrogen-bond acceptors (Lipinski definition) is 1. The van der Waals surface area contributed by atoms with Crippen molar-refractivity contribution in [2.45, 2.75) is 0 Å². The van der Waals surface area contributed by atoms with Crippen LogP contribution in [-0.4, -0.2) is 0 Å². The van der Waals surface area contributed by atoms with Crippen LogP contribution >= 0.6 is 0 Å². The molecule has 1 heterocycles. The molecule has 0 fully saturated rings. The van der Waals surface area contributed by atoms with E-state index in [1.807, 2.05) is 0 Å². The molecule has 0 saturated heterocycles. The van der Waals surface area contributed by atoms with Gasteiger partial charge in [0, 0.05) is 22.1 Å². The first-order valence-electron chi connectivity index (χ1n) is 23.6. The van der Waals surface area contributed by atoms with Crippen LogP contribution in [0.15, 0.2) is 186 Å². The molecule has 0 saturated carbocycles. The van der Waals surface area contributed by atoms with Crippen molar-refractivity contribution in [1.29, 1.82) is 0 Å². The van der Waals surface area contributed by atoms with E-state index in [0.29, 0.717) is 5.56 Å². The third-order valence-corrected chi connectivity index (χ3v) is 8.08. The average Bonchev–Trinajstić information content (AvgIpc) is 3.69. The zero-order valence-corrected chi connectivity index (χ0v) is 24.3. The highest BCUT2D eigenvalue weighted by molar-refractivity contribution is 6.25. The van der Waals surface area contributed by atoms with Crippen molar-refractivity contribution >= 4 is 32.5 Å². The number of furan rings is 1. The summed E-state index contributed by atoms with van der Waals surface area (Å²) in [4.78, 5) is 0. The average molecular weight is 617 g/mol. The first kappa shape index (κ1) is 14.5. The lowest BCUT2D eigenvalue weighted by Crippen LogP contribution is -1.91. The molecule has 0 N–H and O–H groups in total. The molecule has 0 aliphatic rings. The van der Waals surface area contributed by atoms with Crippen LogP contribution in [-0.2, 0) is 0 Å². The van der Waals surface area contributed by atoms with E-state index in [0.717, 1.165) is 0 Å². The molecule has 0 aliphatic carbocycles. The van der Waals surface area contributed by atoms with E-state index in [-0.39, 0.29) is 82.8 Å². The topological polar surface area (TPSA) is 13.1 Å². The summed E-state index contributed by atoms with van der Waals surface area (Å²) in [7, 11) is 0. The second kappa shape index (κ2) is 11.3. The Kier molecular flexibility index (Phi) is 3.49. The van der Waals surface area contributed by atoms with Gasteiger partial charge in [-0.15, -0.1) is 0 Å². The molecule has 0 unspecified atom stereocenters. The Hall–Kier alpha value is -6.18. The zero-order valence-electron chi connectivity index (χ0n) is 42.3. The first-order chi connectivity index (χ1) is 30.8. The molecular formula is C46H30O. The van der Waals surface area contributed by atoms with Gasteiger partial charge in [0.05, 0.1) is 24.7 Å². The quantitative estimate of drug-likeness (QED) is 0.175. The van der Waals surface area contributed by atoms with E-state index >= 15 is 0 Å². The van der Waals surface area contributed by atoms with Crippen molar-refractivity contribution in [1.82, 2.24) is 0 Å². The fourth-order valence-corrected chi connectivity index (χ4v) is 6.08. The summed E-state index contributed by atoms with van der Waals surface area (Å²) in [5.74, 6) is -0.0395. The minimum absolute atomic E-state index is 0.0302. The van der Waals surface area contributed by atoms with Gasteiger partial charge in [-0.05, 0) is 73.1 Å². The maximum absolute atomic E-state index is 9.51. The molecule has 1 aromatic heterocycles. The molecule has 0 spiro atoms. The maximum Gasteiger partial charge on any atom is 0.143 e. The van der Waals surface area contributed by atoms with Gasteiger partial charge in [0.2, 0.25) is 0 Å². The summed E-state index contributed by atoms with van der Waals surface area (Å²) >= 11 is 0. The molecule has 9 rings (SSSR count). The number of hydrogen-bond donors (Lipinski definition) is 0. The summed E-state index contributed by atoms with van der Waals surface area (Å²) < 4.78 is 164. The summed E-state index contributed by atoms with van der Waals surface area (Å²) in [5.41, 5.74) is 0.813. The van der Waals surface area contributed by atoms with Crippen molar-refractivity contribution in [3.05, 3.63) is 182 Å². The van der Waals surface area contributed by atoms with Crippen LogP contribution in [0.1, 0.15) is 24.7 Å². The lowest BCUT2D eigenvalue weighted by atomic mass is 9.84. The van der Waals surface area contributed by atoms with Crippen LogP contribution in [0, 0.1) is 0 Å². The third-order valence-electron chi connectivity index (χ3n) is 8.08. The minimum Gasteiger partial charge on any atom is -0.455 e. The molecule has 220 valence electrons. The second-order valence-electron chi connectivity index (χ2n) is 10.7. The lowest BCUT2D eigenvalue weighted by molar-refractivity contribution is 0.632. The summed E-state index contributed by atoms with van der Waals surface area (Å²) in [6.45, 7) is 0. The highest BCUT2D eigenvalue weighted by Gasteiger charge is 2.24. The summed E-state index contributed by atoms with van der Waals surface area (Å²) in [5, 5.41) is -0.128. The zero-order chi connectivity index (χ0) is 46.8. The van der Waals surface area contributed by atoms with Gasteiger partial charge >= 0.3 is 0 Å². The van der Waals surface area contributed by atoms with Crippen LogP contribution in [0.2, 0.25) is 0 Å². The van der Waals surface area contributed by atoms with Gasteiger partial charge in [0.1, 0.15) is 11.3 Å². The smallest absolute Gasteiger partial charge is 0.143 e. The maximum atomic E-state index is 9.51. The molecule has 0 amide bonds. The Labute approximate surface area is 299 Å². The molecule has 0 aliphatic heterocycles. The van der Waals surface area contributed by atoms with Crippen molar-refractivity contribution in [2.75, 3.05) is 0 Å². The Morgan fingerprint density at radius 1 is 0.340 bits per heavy atom. The number of rotatable bonds is 5. The van der Waals surface area contributed by atoms with Gasteiger partial charge in [-0.2, -0.15) is 0 Å². The van der Waals surface area contributed by atoms with Gasteiger partial charge in [0.15, 0.2) is 0 Å². The monoisotopic (exact) mass is 616 g/mol. The second-order valence-corrected chi connectivity index (χ2v) is 10.7. The van der Waals surface area contributed by atoms with Crippen LogP contribution in [0.25, 0.3) is 88.3 Å².